The van der Waals surface area contributed by atoms with Gasteiger partial charge in [0.15, 0.2) is 0 Å². The van der Waals surface area contributed by atoms with Crippen molar-refractivity contribution < 1.29 is 18.7 Å². The zero-order valence-corrected chi connectivity index (χ0v) is 9.70. The highest BCUT2D eigenvalue weighted by atomic mass is 16.5. The molecule has 0 N–H and O–H groups in total. The van der Waals surface area contributed by atoms with Gasteiger partial charge >= 0.3 is 0 Å². The average molecular weight is 256 g/mol. The number of nitrogens with zero attached hydrogens (tertiary/aromatic N) is 2. The van der Waals surface area contributed by atoms with Crippen molar-refractivity contribution in [2.75, 3.05) is 0 Å². The van der Waals surface area contributed by atoms with Gasteiger partial charge in [0.05, 0.1) is 12.0 Å². The third-order valence-corrected chi connectivity index (χ3v) is 2.16. The first-order valence-electron chi connectivity index (χ1n) is 5.26. The number of nitriles is 1. The van der Waals surface area contributed by atoms with Gasteiger partial charge in [0.2, 0.25) is 6.08 Å². The summed E-state index contributed by atoms with van der Waals surface area (Å²) in [5.74, 6) is 1.28. The molecule has 0 radical (unpaired) electrons. The van der Waals surface area contributed by atoms with Gasteiger partial charge in [0.1, 0.15) is 23.9 Å². The summed E-state index contributed by atoms with van der Waals surface area (Å²) >= 11 is 0. The van der Waals surface area contributed by atoms with E-state index in [1.165, 1.54) is 36.8 Å². The molecule has 2 aromatic rings. The van der Waals surface area contributed by atoms with Crippen molar-refractivity contribution in [2.24, 2.45) is 4.99 Å². The van der Waals surface area contributed by atoms with E-state index in [1.54, 1.807) is 12.1 Å². The SMILES string of the molecule is N#COc1cc(N=C=O)cc(OCc2ccco2)c1. The molecule has 0 unspecified atom stereocenters. The second-order valence-electron chi connectivity index (χ2n) is 3.43. The van der Waals surface area contributed by atoms with E-state index in [2.05, 4.69) is 9.73 Å². The fraction of sp³-hybridized carbons (Fsp3) is 0.0769. The maximum absolute atomic E-state index is 10.2. The van der Waals surface area contributed by atoms with Gasteiger partial charge in [-0.25, -0.2) is 4.79 Å². The zero-order valence-electron chi connectivity index (χ0n) is 9.70. The minimum atomic E-state index is 0.216. The lowest BCUT2D eigenvalue weighted by Gasteiger charge is -2.06. The van der Waals surface area contributed by atoms with Crippen molar-refractivity contribution in [3.05, 3.63) is 42.4 Å². The van der Waals surface area contributed by atoms with Crippen molar-refractivity contribution in [3.8, 4) is 17.8 Å². The number of furan rings is 1. The third-order valence-electron chi connectivity index (χ3n) is 2.16. The van der Waals surface area contributed by atoms with Crippen molar-refractivity contribution in [3.63, 3.8) is 0 Å². The van der Waals surface area contributed by atoms with Gasteiger partial charge in [-0.1, -0.05) is 0 Å². The molecule has 2 rings (SSSR count). The van der Waals surface area contributed by atoms with E-state index < -0.39 is 0 Å². The minimum Gasteiger partial charge on any atom is -0.485 e. The molecule has 0 saturated heterocycles. The lowest BCUT2D eigenvalue weighted by Crippen LogP contribution is -1.94. The van der Waals surface area contributed by atoms with E-state index in [-0.39, 0.29) is 18.0 Å². The molecule has 0 bridgehead atoms. The Balaban J connectivity index is 2.18. The van der Waals surface area contributed by atoms with Gasteiger partial charge in [-0.2, -0.15) is 4.99 Å². The summed E-state index contributed by atoms with van der Waals surface area (Å²) in [7, 11) is 0. The van der Waals surface area contributed by atoms with E-state index in [0.717, 1.165) is 0 Å². The normalized spacial score (nSPS) is 9.21. The molecule has 1 aromatic carbocycles. The van der Waals surface area contributed by atoms with Crippen LogP contribution in [-0.2, 0) is 11.4 Å². The molecule has 1 heterocycles. The van der Waals surface area contributed by atoms with Gasteiger partial charge in [-0.3, -0.25) is 0 Å². The fourth-order valence-electron chi connectivity index (χ4n) is 1.42. The molecule has 0 aliphatic carbocycles. The van der Waals surface area contributed by atoms with Crippen molar-refractivity contribution in [1.82, 2.24) is 0 Å². The third kappa shape index (κ3) is 3.46. The van der Waals surface area contributed by atoms with E-state index in [9.17, 15) is 4.79 Å². The first-order valence-corrected chi connectivity index (χ1v) is 5.26. The van der Waals surface area contributed by atoms with E-state index in [0.29, 0.717) is 11.5 Å². The van der Waals surface area contributed by atoms with Crippen LogP contribution in [0.25, 0.3) is 0 Å². The smallest absolute Gasteiger partial charge is 0.292 e. The van der Waals surface area contributed by atoms with Gasteiger partial charge in [0, 0.05) is 18.2 Å². The number of benzene rings is 1. The Hall–Kier alpha value is -3.03. The Kier molecular flexibility index (Phi) is 3.96. The Bertz CT molecular complexity index is 637. The topological polar surface area (TPSA) is 84.8 Å². The number of isocyanates is 1. The molecule has 94 valence electrons. The van der Waals surface area contributed by atoms with Crippen LogP contribution >= 0.6 is 0 Å². The quantitative estimate of drug-likeness (QED) is 0.466. The zero-order chi connectivity index (χ0) is 13.5. The number of hydrogen-bond donors (Lipinski definition) is 0. The second-order valence-corrected chi connectivity index (χ2v) is 3.43. The largest absolute Gasteiger partial charge is 0.485 e. The van der Waals surface area contributed by atoms with Crippen LogP contribution in [0.2, 0.25) is 0 Å². The van der Waals surface area contributed by atoms with Gasteiger partial charge in [-0.05, 0) is 12.1 Å². The number of ether oxygens (including phenoxy) is 2. The van der Waals surface area contributed by atoms with Crippen LogP contribution in [0.3, 0.4) is 0 Å². The highest BCUT2D eigenvalue weighted by molar-refractivity contribution is 5.55. The predicted octanol–water partition coefficient (Wildman–Crippen LogP) is 2.69. The summed E-state index contributed by atoms with van der Waals surface area (Å²) in [6.07, 6.45) is 4.49. The maximum Gasteiger partial charge on any atom is 0.292 e. The van der Waals surface area contributed by atoms with Crippen LogP contribution in [0.1, 0.15) is 5.76 Å². The molecule has 0 spiro atoms. The fourth-order valence-corrected chi connectivity index (χ4v) is 1.42. The first-order chi connectivity index (χ1) is 9.31. The summed E-state index contributed by atoms with van der Waals surface area (Å²) < 4.78 is 15.3. The van der Waals surface area contributed by atoms with Gasteiger partial charge in [0.25, 0.3) is 6.26 Å². The van der Waals surface area contributed by atoms with Crippen LogP contribution in [0, 0.1) is 11.5 Å². The van der Waals surface area contributed by atoms with E-state index in [4.69, 9.17) is 14.4 Å². The monoisotopic (exact) mass is 256 g/mol. The van der Waals surface area contributed by atoms with Gasteiger partial charge < -0.3 is 13.9 Å². The lowest BCUT2D eigenvalue weighted by molar-refractivity contribution is 0.269. The summed E-state index contributed by atoms with van der Waals surface area (Å²) in [5.41, 5.74) is 0.289. The number of aliphatic imine (C=N–C) groups is 1. The van der Waals surface area contributed by atoms with Crippen LogP contribution in [0.5, 0.6) is 11.5 Å². The molecular weight excluding hydrogens is 248 g/mol. The molecule has 19 heavy (non-hydrogen) atoms. The number of rotatable bonds is 5. The lowest BCUT2D eigenvalue weighted by atomic mass is 10.3. The van der Waals surface area contributed by atoms with E-state index in [1.807, 2.05) is 0 Å². The predicted molar refractivity (Wildman–Crippen MR) is 63.5 cm³/mol. The standard InChI is InChI=1S/C13H8N2O4/c14-8-19-13-5-10(15-9-16)4-12(6-13)18-7-11-2-1-3-17-11/h1-6H,7H2. The summed E-state index contributed by atoms with van der Waals surface area (Å²) in [4.78, 5) is 13.7. The van der Waals surface area contributed by atoms with Crippen LogP contribution in [0.4, 0.5) is 5.69 Å². The Labute approximate surface area is 108 Å². The number of hydrogen-bond acceptors (Lipinski definition) is 6. The molecule has 0 aliphatic rings. The summed E-state index contributed by atoms with van der Waals surface area (Å²) in [6.45, 7) is 0.216. The summed E-state index contributed by atoms with van der Waals surface area (Å²) in [6, 6.07) is 7.97. The molecule has 0 amide bonds. The number of carbonyl (C=O) groups excluding carboxylic acids is 1. The minimum absolute atomic E-state index is 0.216. The molecule has 0 fully saturated rings. The highest BCUT2D eigenvalue weighted by Gasteiger charge is 2.04. The second kappa shape index (κ2) is 6.05. The summed E-state index contributed by atoms with van der Waals surface area (Å²) in [5, 5.41) is 8.48. The molecule has 0 atom stereocenters. The van der Waals surface area contributed by atoms with Crippen molar-refractivity contribution in [1.29, 1.82) is 5.26 Å². The van der Waals surface area contributed by atoms with Crippen LogP contribution < -0.4 is 9.47 Å². The van der Waals surface area contributed by atoms with Crippen LogP contribution in [0.15, 0.2) is 46.0 Å². The molecule has 6 nitrogen and oxygen atoms in total. The van der Waals surface area contributed by atoms with Crippen molar-refractivity contribution in [2.45, 2.75) is 6.61 Å². The van der Waals surface area contributed by atoms with Gasteiger partial charge in [-0.15, -0.1) is 5.26 Å². The highest BCUT2D eigenvalue weighted by Crippen LogP contribution is 2.28. The Morgan fingerprint density at radius 2 is 2.16 bits per heavy atom. The molecule has 1 aromatic heterocycles. The Morgan fingerprint density at radius 3 is 2.84 bits per heavy atom. The Morgan fingerprint density at radius 1 is 1.32 bits per heavy atom. The average Bonchev–Trinajstić information content (AvgIpc) is 2.90. The molecular formula is C13H8N2O4. The van der Waals surface area contributed by atoms with E-state index >= 15 is 0 Å². The maximum atomic E-state index is 10.2. The van der Waals surface area contributed by atoms with Crippen LogP contribution in [-0.4, -0.2) is 6.08 Å². The molecule has 0 aliphatic heterocycles. The molecule has 6 heteroatoms. The first kappa shape index (κ1) is 12.4. The molecule has 0 saturated carbocycles. The van der Waals surface area contributed by atoms with Crippen molar-refractivity contribution >= 4 is 11.8 Å².